The third-order valence-corrected chi connectivity index (χ3v) is 4.65. The smallest absolute Gasteiger partial charge is 0.339 e. The van der Waals surface area contributed by atoms with E-state index in [1.165, 1.54) is 4.90 Å². The second kappa shape index (κ2) is 7.56. The highest BCUT2D eigenvalue weighted by Crippen LogP contribution is 2.39. The second-order valence-electron chi connectivity index (χ2n) is 6.43. The summed E-state index contributed by atoms with van der Waals surface area (Å²) in [5.74, 6) is -0.240. The highest BCUT2D eigenvalue weighted by molar-refractivity contribution is 6.30. The van der Waals surface area contributed by atoms with Crippen LogP contribution < -0.4 is 17.3 Å². The van der Waals surface area contributed by atoms with Crippen LogP contribution in [0, 0.1) is 0 Å². The Morgan fingerprint density at radius 2 is 1.79 bits per heavy atom. The van der Waals surface area contributed by atoms with Gasteiger partial charge < -0.3 is 22.0 Å². The van der Waals surface area contributed by atoms with Crippen molar-refractivity contribution in [1.82, 2.24) is 0 Å². The Hall–Kier alpha value is -1.55. The Morgan fingerprint density at radius 3 is 2.46 bits per heavy atom. The highest BCUT2D eigenvalue weighted by atomic mass is 35.5. The maximum atomic E-state index is 12.5. The quantitative estimate of drug-likeness (QED) is 0.739. The van der Waals surface area contributed by atoms with Gasteiger partial charge in [0.1, 0.15) is 5.60 Å². The zero-order valence-corrected chi connectivity index (χ0v) is 15.3. The molecule has 0 aliphatic carbocycles. The first-order valence-corrected chi connectivity index (χ1v) is 8.24. The zero-order chi connectivity index (χ0) is 16.4. The molecule has 0 spiro atoms. The van der Waals surface area contributed by atoms with Gasteiger partial charge in [-0.3, -0.25) is 0 Å². The van der Waals surface area contributed by atoms with Crippen molar-refractivity contribution in [2.75, 3.05) is 20.6 Å². The van der Waals surface area contributed by atoms with Gasteiger partial charge in [-0.2, -0.15) is 0 Å². The van der Waals surface area contributed by atoms with Gasteiger partial charge in [-0.15, -0.1) is 0 Å². The SMILES string of the molecule is C[NH+](C)CC[C@]1(c2ccc(Cl)cc2)Cc2ccccc2C(=O)O1.[Cl-]. The molecule has 5 heteroatoms. The summed E-state index contributed by atoms with van der Waals surface area (Å²) < 4.78 is 5.98. The molecule has 1 N–H and O–H groups in total. The predicted octanol–water partition coefficient (Wildman–Crippen LogP) is -0.513. The molecular weight excluding hydrogens is 345 g/mol. The van der Waals surface area contributed by atoms with Crippen LogP contribution in [0.1, 0.15) is 27.9 Å². The summed E-state index contributed by atoms with van der Waals surface area (Å²) >= 11 is 6.02. The minimum atomic E-state index is -0.618. The maximum Gasteiger partial charge on any atom is 0.339 e. The molecule has 0 saturated heterocycles. The minimum Gasteiger partial charge on any atom is -1.00 e. The van der Waals surface area contributed by atoms with Crippen LogP contribution in [0.2, 0.25) is 5.02 Å². The first-order valence-electron chi connectivity index (χ1n) is 7.86. The van der Waals surface area contributed by atoms with Crippen LogP contribution in [-0.2, 0) is 16.8 Å². The van der Waals surface area contributed by atoms with Gasteiger partial charge in [-0.05, 0) is 29.3 Å². The lowest BCUT2D eigenvalue weighted by Crippen LogP contribution is -3.05. The fourth-order valence-electron chi connectivity index (χ4n) is 3.10. The number of benzene rings is 2. The minimum absolute atomic E-state index is 0. The Balaban J connectivity index is 0.00000208. The Bertz CT molecular complexity index is 716. The third-order valence-electron chi connectivity index (χ3n) is 4.40. The summed E-state index contributed by atoms with van der Waals surface area (Å²) in [6, 6.07) is 15.3. The van der Waals surface area contributed by atoms with Crippen molar-refractivity contribution >= 4 is 17.6 Å². The lowest BCUT2D eigenvalue weighted by molar-refractivity contribution is -0.859. The Morgan fingerprint density at radius 1 is 1.12 bits per heavy atom. The molecule has 128 valence electrons. The van der Waals surface area contributed by atoms with Crippen LogP contribution in [0.15, 0.2) is 48.5 Å². The molecule has 0 unspecified atom stereocenters. The van der Waals surface area contributed by atoms with E-state index in [9.17, 15) is 4.79 Å². The molecule has 0 amide bonds. The van der Waals surface area contributed by atoms with Gasteiger partial charge in [-0.25, -0.2) is 4.79 Å². The number of halogens is 2. The van der Waals surface area contributed by atoms with Crippen LogP contribution in [0.25, 0.3) is 0 Å². The molecule has 1 heterocycles. The number of nitrogens with one attached hydrogen (secondary N) is 1. The first kappa shape index (κ1) is 18.8. The van der Waals surface area contributed by atoms with Crippen molar-refractivity contribution in [3.8, 4) is 0 Å². The molecular formula is C19H21Cl2NO2. The van der Waals surface area contributed by atoms with Gasteiger partial charge in [0.05, 0.1) is 26.2 Å². The van der Waals surface area contributed by atoms with Gasteiger partial charge in [0.15, 0.2) is 0 Å². The lowest BCUT2D eigenvalue weighted by atomic mass is 9.81. The molecule has 3 nitrogen and oxygen atoms in total. The first-order chi connectivity index (χ1) is 11.0. The fourth-order valence-corrected chi connectivity index (χ4v) is 3.23. The standard InChI is InChI=1S/C19H20ClNO2.ClH/c1-21(2)12-11-19(15-7-9-16(20)10-8-15)13-14-5-3-4-6-17(14)18(22)23-19;/h3-10H,11-13H2,1-2H3;1H/t19-;/m1./s1. The summed E-state index contributed by atoms with van der Waals surface area (Å²) in [5, 5.41) is 0.685. The van der Waals surface area contributed by atoms with E-state index in [1.807, 2.05) is 48.5 Å². The van der Waals surface area contributed by atoms with E-state index in [4.69, 9.17) is 16.3 Å². The van der Waals surface area contributed by atoms with Crippen molar-refractivity contribution in [3.05, 3.63) is 70.2 Å². The van der Waals surface area contributed by atoms with E-state index in [0.29, 0.717) is 17.0 Å². The van der Waals surface area contributed by atoms with Crippen molar-refractivity contribution in [3.63, 3.8) is 0 Å². The summed E-state index contributed by atoms with van der Waals surface area (Å²) in [4.78, 5) is 13.9. The van der Waals surface area contributed by atoms with E-state index < -0.39 is 5.60 Å². The van der Waals surface area contributed by atoms with Crippen molar-refractivity contribution in [2.45, 2.75) is 18.4 Å². The lowest BCUT2D eigenvalue weighted by Gasteiger charge is -2.38. The zero-order valence-electron chi connectivity index (χ0n) is 13.8. The van der Waals surface area contributed by atoms with Crippen LogP contribution in [0.3, 0.4) is 0 Å². The summed E-state index contributed by atoms with van der Waals surface area (Å²) in [6.45, 7) is 0.915. The molecule has 0 bridgehead atoms. The number of hydrogen-bond acceptors (Lipinski definition) is 2. The monoisotopic (exact) mass is 365 g/mol. The molecule has 1 atom stereocenters. The van der Waals surface area contributed by atoms with E-state index in [-0.39, 0.29) is 18.4 Å². The number of carbonyl (C=O) groups excluding carboxylic acids is 1. The van der Waals surface area contributed by atoms with Crippen molar-refractivity contribution in [2.24, 2.45) is 0 Å². The molecule has 0 fully saturated rings. The van der Waals surface area contributed by atoms with Crippen LogP contribution in [0.5, 0.6) is 0 Å². The van der Waals surface area contributed by atoms with Crippen molar-refractivity contribution < 1.29 is 26.8 Å². The van der Waals surface area contributed by atoms with Crippen LogP contribution in [0.4, 0.5) is 0 Å². The van der Waals surface area contributed by atoms with Crippen molar-refractivity contribution in [1.29, 1.82) is 0 Å². The topological polar surface area (TPSA) is 30.7 Å². The number of hydrogen-bond donors (Lipinski definition) is 1. The van der Waals surface area contributed by atoms with Gasteiger partial charge in [0.2, 0.25) is 0 Å². The average molecular weight is 366 g/mol. The number of rotatable bonds is 4. The van der Waals surface area contributed by atoms with Gasteiger partial charge >= 0.3 is 5.97 Å². The number of ether oxygens (including phenoxy) is 1. The van der Waals surface area contributed by atoms with Gasteiger partial charge in [0, 0.05) is 17.9 Å². The molecule has 0 saturated carbocycles. The Labute approximate surface area is 154 Å². The summed E-state index contributed by atoms with van der Waals surface area (Å²) in [5.41, 5.74) is 2.11. The number of esters is 1. The molecule has 0 aromatic heterocycles. The molecule has 3 rings (SSSR count). The molecule has 0 radical (unpaired) electrons. The molecule has 2 aromatic carbocycles. The second-order valence-corrected chi connectivity index (χ2v) is 6.87. The van der Waals surface area contributed by atoms with Crippen LogP contribution >= 0.6 is 11.6 Å². The Kier molecular flexibility index (Phi) is 5.92. The molecule has 24 heavy (non-hydrogen) atoms. The number of carbonyl (C=O) groups is 1. The van der Waals surface area contributed by atoms with Gasteiger partial charge in [-0.1, -0.05) is 41.9 Å². The van der Waals surface area contributed by atoms with E-state index >= 15 is 0 Å². The predicted molar refractivity (Wildman–Crippen MR) is 91.0 cm³/mol. The van der Waals surface area contributed by atoms with E-state index in [1.54, 1.807) is 0 Å². The highest BCUT2D eigenvalue weighted by Gasteiger charge is 2.42. The normalized spacial score (nSPS) is 19.4. The fraction of sp³-hybridized carbons (Fsp3) is 0.316. The summed E-state index contributed by atoms with van der Waals surface area (Å²) in [7, 11) is 4.21. The summed E-state index contributed by atoms with van der Waals surface area (Å²) in [6.07, 6.45) is 1.47. The largest absolute Gasteiger partial charge is 1.00 e. The van der Waals surface area contributed by atoms with E-state index in [0.717, 1.165) is 24.1 Å². The molecule has 2 aromatic rings. The van der Waals surface area contributed by atoms with E-state index in [2.05, 4.69) is 14.1 Å². The van der Waals surface area contributed by atoms with Crippen LogP contribution in [-0.4, -0.2) is 26.6 Å². The molecule has 1 aliphatic rings. The number of quaternary nitrogens is 1. The number of cyclic esters (lactones) is 1. The third kappa shape index (κ3) is 3.75. The average Bonchev–Trinajstić information content (AvgIpc) is 2.53. The maximum absolute atomic E-state index is 12.5. The molecule has 1 aliphatic heterocycles. The van der Waals surface area contributed by atoms with Gasteiger partial charge in [0.25, 0.3) is 0 Å². The number of fused-ring (bicyclic) bond motifs is 1.